The smallest absolute Gasteiger partial charge is 0.273 e. The average molecular weight is 458 g/mol. The highest BCUT2D eigenvalue weighted by Crippen LogP contribution is 2.21. The first-order chi connectivity index (χ1) is 15.1. The summed E-state index contributed by atoms with van der Waals surface area (Å²) in [5, 5.41) is 10.9. The SMILES string of the molecule is Cc1cc(C(=O)NNC(=O)c2ccc(NS(=O)(=O)c3cccc([N+](=O)[O-])c3)cc2)c(C)o1. The molecular formula is C20H18N4O7S. The Morgan fingerprint density at radius 1 is 0.969 bits per heavy atom. The van der Waals surface area contributed by atoms with Crippen molar-refractivity contribution in [3.05, 3.63) is 87.4 Å². The molecule has 1 heterocycles. The van der Waals surface area contributed by atoms with E-state index in [-0.39, 0.29) is 27.4 Å². The van der Waals surface area contributed by atoms with Crippen LogP contribution >= 0.6 is 0 Å². The second-order valence-corrected chi connectivity index (χ2v) is 8.35. The minimum absolute atomic E-state index is 0.140. The van der Waals surface area contributed by atoms with Crippen molar-refractivity contribution in [3.63, 3.8) is 0 Å². The highest BCUT2D eigenvalue weighted by atomic mass is 32.2. The third-order valence-electron chi connectivity index (χ3n) is 4.31. The molecule has 0 bridgehead atoms. The molecule has 12 heteroatoms. The number of nitrogens with one attached hydrogen (secondary N) is 3. The van der Waals surface area contributed by atoms with Crippen molar-refractivity contribution in [2.75, 3.05) is 4.72 Å². The fourth-order valence-corrected chi connectivity index (χ4v) is 3.88. The fourth-order valence-electron chi connectivity index (χ4n) is 2.78. The molecule has 0 unspecified atom stereocenters. The van der Waals surface area contributed by atoms with E-state index >= 15 is 0 Å². The summed E-state index contributed by atoms with van der Waals surface area (Å²) < 4.78 is 32.5. The molecule has 3 N–H and O–H groups in total. The molecule has 0 aliphatic heterocycles. The van der Waals surface area contributed by atoms with E-state index in [4.69, 9.17) is 4.42 Å². The van der Waals surface area contributed by atoms with Gasteiger partial charge in [0.2, 0.25) is 0 Å². The summed E-state index contributed by atoms with van der Waals surface area (Å²) in [5.41, 5.74) is 4.76. The van der Waals surface area contributed by atoms with Gasteiger partial charge in [-0.25, -0.2) is 8.42 Å². The molecular weight excluding hydrogens is 440 g/mol. The molecule has 0 saturated carbocycles. The van der Waals surface area contributed by atoms with E-state index in [9.17, 15) is 28.1 Å². The Bertz CT molecular complexity index is 1300. The number of non-ortho nitro benzene ring substituents is 1. The molecule has 1 aromatic heterocycles. The first-order valence-electron chi connectivity index (χ1n) is 9.12. The summed E-state index contributed by atoms with van der Waals surface area (Å²) >= 11 is 0. The number of aryl methyl sites for hydroxylation is 2. The number of nitro groups is 1. The molecule has 2 amide bonds. The lowest BCUT2D eigenvalue weighted by Gasteiger charge is -2.10. The van der Waals surface area contributed by atoms with Crippen molar-refractivity contribution in [3.8, 4) is 0 Å². The summed E-state index contributed by atoms with van der Waals surface area (Å²) in [6, 6.07) is 11.5. The number of carbonyl (C=O) groups is 2. The lowest BCUT2D eigenvalue weighted by molar-refractivity contribution is -0.385. The standard InChI is InChI=1S/C20H18N4O7S/c1-12-10-18(13(2)31-12)20(26)22-21-19(25)14-6-8-15(9-7-14)23-32(29,30)17-5-3-4-16(11-17)24(27)28/h3-11,23H,1-2H3,(H,21,25)(H,22,26). The number of hydrogen-bond donors (Lipinski definition) is 3. The molecule has 0 fully saturated rings. The predicted octanol–water partition coefficient (Wildman–Crippen LogP) is 2.68. The number of nitrogens with zero attached hydrogens (tertiary/aromatic N) is 1. The van der Waals surface area contributed by atoms with Gasteiger partial charge in [-0.15, -0.1) is 0 Å². The molecule has 3 aromatic rings. The van der Waals surface area contributed by atoms with Gasteiger partial charge in [0, 0.05) is 23.4 Å². The zero-order chi connectivity index (χ0) is 23.5. The maximum absolute atomic E-state index is 12.5. The molecule has 0 aliphatic rings. The monoisotopic (exact) mass is 458 g/mol. The Balaban J connectivity index is 1.64. The fraction of sp³-hybridized carbons (Fsp3) is 0.100. The molecule has 0 saturated heterocycles. The number of benzene rings is 2. The molecule has 3 rings (SSSR count). The number of rotatable bonds is 6. The Labute approximate surface area is 182 Å². The van der Waals surface area contributed by atoms with Gasteiger partial charge in [-0.3, -0.25) is 35.3 Å². The van der Waals surface area contributed by atoms with Crippen LogP contribution in [0.25, 0.3) is 0 Å². The normalized spacial score (nSPS) is 10.9. The van der Waals surface area contributed by atoms with Gasteiger partial charge in [-0.1, -0.05) is 6.07 Å². The minimum atomic E-state index is -4.08. The lowest BCUT2D eigenvalue weighted by Crippen LogP contribution is -2.41. The molecule has 0 spiro atoms. The van der Waals surface area contributed by atoms with E-state index in [0.717, 1.165) is 6.07 Å². The Morgan fingerprint density at radius 3 is 2.22 bits per heavy atom. The van der Waals surface area contributed by atoms with E-state index in [1.807, 2.05) is 0 Å². The summed E-state index contributed by atoms with van der Waals surface area (Å²) in [6.45, 7) is 3.31. The van der Waals surface area contributed by atoms with Crippen LogP contribution in [-0.4, -0.2) is 25.2 Å². The molecule has 0 atom stereocenters. The number of amides is 2. The van der Waals surface area contributed by atoms with Crippen molar-refractivity contribution in [1.82, 2.24) is 10.9 Å². The summed E-state index contributed by atoms with van der Waals surface area (Å²) in [4.78, 5) is 34.2. The van der Waals surface area contributed by atoms with Gasteiger partial charge in [0.05, 0.1) is 15.4 Å². The topological polar surface area (TPSA) is 161 Å². The van der Waals surface area contributed by atoms with E-state index in [1.165, 1.54) is 42.5 Å². The second kappa shape index (κ2) is 8.89. The molecule has 166 valence electrons. The zero-order valence-corrected chi connectivity index (χ0v) is 17.7. The largest absolute Gasteiger partial charge is 0.466 e. The third kappa shape index (κ3) is 5.10. The number of hydrogen-bond acceptors (Lipinski definition) is 7. The van der Waals surface area contributed by atoms with Gasteiger partial charge < -0.3 is 4.42 Å². The first-order valence-corrected chi connectivity index (χ1v) is 10.6. The number of carbonyl (C=O) groups excluding carboxylic acids is 2. The Hall–Kier alpha value is -4.19. The van der Waals surface area contributed by atoms with Crippen LogP contribution in [0, 0.1) is 24.0 Å². The summed E-state index contributed by atoms with van der Waals surface area (Å²) in [7, 11) is -4.08. The number of nitro benzene ring substituents is 1. The van der Waals surface area contributed by atoms with Gasteiger partial charge in [-0.05, 0) is 50.2 Å². The Morgan fingerprint density at radius 2 is 1.62 bits per heavy atom. The molecule has 32 heavy (non-hydrogen) atoms. The van der Waals surface area contributed by atoms with Gasteiger partial charge >= 0.3 is 0 Å². The Kier molecular flexibility index (Phi) is 6.25. The quantitative estimate of drug-likeness (QED) is 0.378. The maximum Gasteiger partial charge on any atom is 0.273 e. The average Bonchev–Trinajstić information content (AvgIpc) is 3.10. The van der Waals surface area contributed by atoms with Crippen molar-refractivity contribution < 1.29 is 27.3 Å². The van der Waals surface area contributed by atoms with Crippen LogP contribution in [0.2, 0.25) is 0 Å². The maximum atomic E-state index is 12.5. The molecule has 0 aliphatic carbocycles. The number of anilines is 1. The molecule has 2 aromatic carbocycles. The number of furan rings is 1. The van der Waals surface area contributed by atoms with Crippen LogP contribution in [0.5, 0.6) is 0 Å². The highest BCUT2D eigenvalue weighted by Gasteiger charge is 2.18. The predicted molar refractivity (Wildman–Crippen MR) is 113 cm³/mol. The molecule has 11 nitrogen and oxygen atoms in total. The van der Waals surface area contributed by atoms with Crippen molar-refractivity contribution in [1.29, 1.82) is 0 Å². The van der Waals surface area contributed by atoms with Gasteiger partial charge in [-0.2, -0.15) is 0 Å². The van der Waals surface area contributed by atoms with Crippen molar-refractivity contribution in [2.45, 2.75) is 18.7 Å². The van der Waals surface area contributed by atoms with E-state index in [1.54, 1.807) is 19.9 Å². The summed E-state index contributed by atoms with van der Waals surface area (Å²) in [6.07, 6.45) is 0. The van der Waals surface area contributed by atoms with Gasteiger partial charge in [0.1, 0.15) is 11.5 Å². The number of sulfonamides is 1. The van der Waals surface area contributed by atoms with Gasteiger partial charge in [0.15, 0.2) is 0 Å². The van der Waals surface area contributed by atoms with Crippen LogP contribution < -0.4 is 15.6 Å². The van der Waals surface area contributed by atoms with Crippen LogP contribution in [0.3, 0.4) is 0 Å². The minimum Gasteiger partial charge on any atom is -0.466 e. The summed E-state index contributed by atoms with van der Waals surface area (Å²) in [5.74, 6) is -0.199. The van der Waals surface area contributed by atoms with Crippen LogP contribution in [0.1, 0.15) is 32.2 Å². The van der Waals surface area contributed by atoms with E-state index < -0.39 is 26.8 Å². The zero-order valence-electron chi connectivity index (χ0n) is 16.9. The van der Waals surface area contributed by atoms with Crippen molar-refractivity contribution >= 4 is 33.2 Å². The highest BCUT2D eigenvalue weighted by molar-refractivity contribution is 7.92. The van der Waals surface area contributed by atoms with E-state index in [2.05, 4.69) is 15.6 Å². The van der Waals surface area contributed by atoms with Crippen LogP contribution in [0.4, 0.5) is 11.4 Å². The van der Waals surface area contributed by atoms with Crippen LogP contribution in [-0.2, 0) is 10.0 Å². The van der Waals surface area contributed by atoms with E-state index in [0.29, 0.717) is 11.5 Å². The van der Waals surface area contributed by atoms with Gasteiger partial charge in [0.25, 0.3) is 27.5 Å². The lowest BCUT2D eigenvalue weighted by atomic mass is 10.2. The van der Waals surface area contributed by atoms with Crippen LogP contribution in [0.15, 0.2) is 63.9 Å². The third-order valence-corrected chi connectivity index (χ3v) is 5.69. The first kappa shape index (κ1) is 22.5. The van der Waals surface area contributed by atoms with Crippen molar-refractivity contribution in [2.24, 2.45) is 0 Å². The molecule has 0 radical (unpaired) electrons. The second-order valence-electron chi connectivity index (χ2n) is 6.67. The number of hydrazine groups is 1.